The van der Waals surface area contributed by atoms with Crippen LogP contribution in [-0.4, -0.2) is 46.8 Å². The molecule has 2 aliphatic carbocycles. The van der Waals surface area contributed by atoms with E-state index in [1.807, 2.05) is 35.9 Å². The Morgan fingerprint density at radius 1 is 1.26 bits per heavy atom. The second-order valence-corrected chi connectivity index (χ2v) is 8.91. The van der Waals surface area contributed by atoms with E-state index in [-0.39, 0.29) is 5.92 Å². The monoisotopic (exact) mass is 420 g/mol. The SMILES string of the molecule is Cc1cnc2cc(OC[C@@]34CC[C@@H]3C[C@@](O)(n3ccc5c(N)ncnc53)[C@@H]4O)ccn12. The fourth-order valence-corrected chi connectivity index (χ4v) is 5.50. The van der Waals surface area contributed by atoms with Crippen LogP contribution in [0.2, 0.25) is 0 Å². The number of fused-ring (bicyclic) bond motifs is 3. The predicted molar refractivity (Wildman–Crippen MR) is 113 cm³/mol. The average molecular weight is 420 g/mol. The van der Waals surface area contributed by atoms with Gasteiger partial charge in [0.15, 0.2) is 5.72 Å². The number of nitrogen functional groups attached to an aromatic ring is 1. The van der Waals surface area contributed by atoms with Gasteiger partial charge in [-0.25, -0.2) is 15.0 Å². The van der Waals surface area contributed by atoms with Crippen molar-refractivity contribution in [2.45, 2.75) is 38.0 Å². The molecule has 4 atom stereocenters. The van der Waals surface area contributed by atoms with Gasteiger partial charge in [0.05, 0.1) is 12.0 Å². The Hall–Kier alpha value is -3.17. The third-order valence-corrected chi connectivity index (χ3v) is 7.41. The molecular weight excluding hydrogens is 396 g/mol. The minimum atomic E-state index is -1.47. The predicted octanol–water partition coefficient (Wildman–Crippen LogP) is 1.85. The molecular formula is C22H24N6O3. The van der Waals surface area contributed by atoms with Crippen LogP contribution in [-0.2, 0) is 5.72 Å². The number of aliphatic hydroxyl groups excluding tert-OH is 1. The number of ether oxygens (including phenoxy) is 1. The van der Waals surface area contributed by atoms with Gasteiger partial charge in [-0.05, 0) is 37.8 Å². The van der Waals surface area contributed by atoms with Gasteiger partial charge in [0.2, 0.25) is 0 Å². The van der Waals surface area contributed by atoms with Crippen molar-refractivity contribution in [3.63, 3.8) is 0 Å². The zero-order valence-electron chi connectivity index (χ0n) is 17.1. The van der Waals surface area contributed by atoms with E-state index in [0.717, 1.165) is 24.2 Å². The molecule has 2 aliphatic rings. The Labute approximate surface area is 178 Å². The Morgan fingerprint density at radius 3 is 2.94 bits per heavy atom. The first-order valence-electron chi connectivity index (χ1n) is 10.5. The summed E-state index contributed by atoms with van der Waals surface area (Å²) in [6.45, 7) is 2.32. The Kier molecular flexibility index (Phi) is 3.70. The fraction of sp³-hybridized carbons (Fsp3) is 0.409. The van der Waals surface area contributed by atoms with Crippen LogP contribution >= 0.6 is 0 Å². The standard InChI is InChI=1S/C22H24N6O3/c1-13-10-24-17-8-15(3-6-27(13)17)31-11-21-5-2-14(21)9-22(30,20(21)29)28-7-4-16-18(23)25-12-26-19(16)28/h3-4,6-8,10,12,14,20,29-30H,2,5,9,11H2,1H3,(H2,23,25,26)/t14-,20-,21+,22+/m1/s1. The quantitative estimate of drug-likeness (QED) is 0.460. The van der Waals surface area contributed by atoms with Crippen LogP contribution < -0.4 is 10.5 Å². The van der Waals surface area contributed by atoms with Gasteiger partial charge in [-0.1, -0.05) is 0 Å². The molecule has 0 unspecified atom stereocenters. The lowest BCUT2D eigenvalue weighted by Gasteiger charge is -2.46. The molecule has 0 aliphatic heterocycles. The van der Waals surface area contributed by atoms with E-state index >= 15 is 0 Å². The lowest BCUT2D eigenvalue weighted by Crippen LogP contribution is -2.53. The van der Waals surface area contributed by atoms with Gasteiger partial charge in [0.25, 0.3) is 0 Å². The maximum Gasteiger partial charge on any atom is 0.170 e. The van der Waals surface area contributed by atoms with E-state index in [0.29, 0.717) is 35.6 Å². The molecule has 0 aromatic carbocycles. The molecule has 160 valence electrons. The number of nitrogens with two attached hydrogens (primary N) is 1. The molecule has 6 rings (SSSR count). The average Bonchev–Trinajstić information content (AvgIpc) is 3.39. The van der Waals surface area contributed by atoms with Crippen LogP contribution in [0.5, 0.6) is 5.75 Å². The molecule has 4 aromatic rings. The highest BCUT2D eigenvalue weighted by molar-refractivity contribution is 5.86. The maximum atomic E-state index is 11.6. The normalized spacial score (nSPS) is 29.9. The van der Waals surface area contributed by atoms with Crippen molar-refractivity contribution in [2.24, 2.45) is 11.3 Å². The van der Waals surface area contributed by atoms with Crippen LogP contribution in [0.1, 0.15) is 25.0 Å². The van der Waals surface area contributed by atoms with Crippen LogP contribution in [0.3, 0.4) is 0 Å². The molecule has 0 spiro atoms. The molecule has 4 heterocycles. The molecule has 4 N–H and O–H groups in total. The van der Waals surface area contributed by atoms with Crippen molar-refractivity contribution >= 4 is 22.5 Å². The largest absolute Gasteiger partial charge is 0.493 e. The first-order valence-corrected chi connectivity index (χ1v) is 10.5. The summed E-state index contributed by atoms with van der Waals surface area (Å²) in [5.41, 5.74) is 6.36. The summed E-state index contributed by atoms with van der Waals surface area (Å²) in [6.07, 6.45) is 8.03. The summed E-state index contributed by atoms with van der Waals surface area (Å²) < 4.78 is 9.77. The van der Waals surface area contributed by atoms with Crippen molar-refractivity contribution in [3.05, 3.63) is 48.8 Å². The Balaban J connectivity index is 1.31. The van der Waals surface area contributed by atoms with E-state index in [9.17, 15) is 10.2 Å². The first-order chi connectivity index (χ1) is 14.9. The smallest absolute Gasteiger partial charge is 0.170 e. The van der Waals surface area contributed by atoms with Gasteiger partial charge in [-0.3, -0.25) is 0 Å². The van der Waals surface area contributed by atoms with Gasteiger partial charge in [0, 0.05) is 42.2 Å². The van der Waals surface area contributed by atoms with Gasteiger partial charge in [0.1, 0.15) is 35.3 Å². The van der Waals surface area contributed by atoms with Crippen LogP contribution in [0.25, 0.3) is 16.7 Å². The molecule has 0 bridgehead atoms. The number of anilines is 1. The van der Waals surface area contributed by atoms with Crippen LogP contribution in [0.15, 0.2) is 43.1 Å². The van der Waals surface area contributed by atoms with Gasteiger partial charge in [-0.15, -0.1) is 0 Å². The highest BCUT2D eigenvalue weighted by atomic mass is 16.5. The number of aromatic nitrogens is 5. The molecule has 9 nitrogen and oxygen atoms in total. The van der Waals surface area contributed by atoms with Crippen molar-refractivity contribution in [1.82, 2.24) is 23.9 Å². The number of aliphatic hydroxyl groups is 2. The van der Waals surface area contributed by atoms with E-state index in [4.69, 9.17) is 10.5 Å². The number of hydrogen-bond acceptors (Lipinski definition) is 7. The summed E-state index contributed by atoms with van der Waals surface area (Å²) in [5.74, 6) is 1.21. The molecule has 9 heteroatoms. The number of nitrogens with zero attached hydrogens (tertiary/aromatic N) is 5. The third kappa shape index (κ3) is 2.41. The van der Waals surface area contributed by atoms with E-state index in [1.54, 1.807) is 16.8 Å². The molecule has 2 saturated carbocycles. The van der Waals surface area contributed by atoms with E-state index in [2.05, 4.69) is 15.0 Å². The molecule has 2 fully saturated rings. The second-order valence-electron chi connectivity index (χ2n) is 8.91. The van der Waals surface area contributed by atoms with Crippen molar-refractivity contribution in [1.29, 1.82) is 0 Å². The highest BCUT2D eigenvalue weighted by Crippen LogP contribution is 2.62. The minimum absolute atomic E-state index is 0.154. The van der Waals surface area contributed by atoms with Gasteiger partial charge in [-0.2, -0.15) is 0 Å². The van der Waals surface area contributed by atoms with Gasteiger partial charge < -0.3 is 29.7 Å². The maximum absolute atomic E-state index is 11.6. The lowest BCUT2D eigenvalue weighted by atomic mass is 9.61. The number of aryl methyl sites for hydroxylation is 1. The summed E-state index contributed by atoms with van der Waals surface area (Å²) >= 11 is 0. The summed E-state index contributed by atoms with van der Waals surface area (Å²) in [7, 11) is 0. The molecule has 4 aromatic heterocycles. The number of hydrogen-bond donors (Lipinski definition) is 3. The van der Waals surface area contributed by atoms with Gasteiger partial charge >= 0.3 is 0 Å². The van der Waals surface area contributed by atoms with E-state index in [1.165, 1.54) is 6.33 Å². The Morgan fingerprint density at radius 2 is 2.13 bits per heavy atom. The first kappa shape index (κ1) is 18.6. The van der Waals surface area contributed by atoms with Crippen molar-refractivity contribution < 1.29 is 14.9 Å². The lowest BCUT2D eigenvalue weighted by molar-refractivity contribution is -0.159. The number of imidazole rings is 1. The summed E-state index contributed by atoms with van der Waals surface area (Å²) in [6, 6.07) is 5.57. The number of rotatable bonds is 4. The molecule has 31 heavy (non-hydrogen) atoms. The van der Waals surface area contributed by atoms with Crippen LogP contribution in [0, 0.1) is 18.3 Å². The molecule has 0 amide bonds. The van der Waals surface area contributed by atoms with E-state index < -0.39 is 17.2 Å². The Bertz CT molecular complexity index is 1320. The minimum Gasteiger partial charge on any atom is -0.493 e. The van der Waals surface area contributed by atoms with Crippen LogP contribution in [0.4, 0.5) is 5.82 Å². The second kappa shape index (κ2) is 6.18. The van der Waals surface area contributed by atoms with Crippen molar-refractivity contribution in [2.75, 3.05) is 12.3 Å². The highest BCUT2D eigenvalue weighted by Gasteiger charge is 2.67. The summed E-state index contributed by atoms with van der Waals surface area (Å²) in [4.78, 5) is 12.7. The zero-order valence-corrected chi connectivity index (χ0v) is 17.1. The fourth-order valence-electron chi connectivity index (χ4n) is 5.50. The third-order valence-electron chi connectivity index (χ3n) is 7.41. The van der Waals surface area contributed by atoms with Crippen molar-refractivity contribution in [3.8, 4) is 5.75 Å². The molecule has 0 radical (unpaired) electrons. The topological polar surface area (TPSA) is 124 Å². The molecule has 0 saturated heterocycles. The summed E-state index contributed by atoms with van der Waals surface area (Å²) in [5, 5.41) is 23.7. The zero-order chi connectivity index (χ0) is 21.4. The number of pyridine rings is 1.